The van der Waals surface area contributed by atoms with Crippen LogP contribution in [0.3, 0.4) is 0 Å². The molecule has 6 rings (SSSR count). The van der Waals surface area contributed by atoms with Crippen molar-refractivity contribution in [3.8, 4) is 0 Å². The quantitative estimate of drug-likeness (QED) is 0.266. The Balaban J connectivity index is 1.35. The first kappa shape index (κ1) is 27.7. The lowest BCUT2D eigenvalue weighted by Crippen LogP contribution is -2.54. The van der Waals surface area contributed by atoms with E-state index in [2.05, 4.69) is 11.4 Å². The molecule has 1 heterocycles. The lowest BCUT2D eigenvalue weighted by molar-refractivity contribution is -0.140. The number of hydrogen-bond donors (Lipinski definition) is 1. The van der Waals surface area contributed by atoms with Crippen molar-refractivity contribution in [3.63, 3.8) is 0 Å². The molecular formula is C36H37N3O3. The maximum absolute atomic E-state index is 14.4. The molecule has 0 saturated heterocycles. The van der Waals surface area contributed by atoms with Crippen LogP contribution in [0.2, 0.25) is 0 Å². The molecule has 6 heteroatoms. The van der Waals surface area contributed by atoms with Crippen LogP contribution in [0.1, 0.15) is 59.2 Å². The summed E-state index contributed by atoms with van der Waals surface area (Å²) in [6, 6.07) is 28.8. The van der Waals surface area contributed by atoms with Gasteiger partial charge in [0.1, 0.15) is 12.6 Å². The molecule has 4 aromatic carbocycles. The van der Waals surface area contributed by atoms with Crippen LogP contribution in [0.4, 0.5) is 5.69 Å². The molecule has 1 aliphatic heterocycles. The second-order valence-electron chi connectivity index (χ2n) is 11.6. The number of anilines is 1. The van der Waals surface area contributed by atoms with Crippen molar-refractivity contribution < 1.29 is 14.4 Å². The molecule has 214 valence electrons. The number of carbonyl (C=O) groups excluding carboxylic acids is 3. The highest BCUT2D eigenvalue weighted by Crippen LogP contribution is 2.37. The summed E-state index contributed by atoms with van der Waals surface area (Å²) in [7, 11) is 0. The molecule has 0 bridgehead atoms. The maximum atomic E-state index is 14.4. The lowest BCUT2D eigenvalue weighted by atomic mass is 9.94. The SMILES string of the molecule is Cc1cccc(CN(C(=O)CN2C(=O)c3cccc4cccc2c34)[C@@H](Cc2ccccc2)C(=O)NC2CCCCC2)c1. The molecule has 2 aliphatic rings. The van der Waals surface area contributed by atoms with E-state index >= 15 is 0 Å². The Morgan fingerprint density at radius 2 is 1.60 bits per heavy atom. The van der Waals surface area contributed by atoms with Gasteiger partial charge in [0.25, 0.3) is 5.91 Å². The molecule has 0 radical (unpaired) electrons. The molecule has 3 amide bonds. The van der Waals surface area contributed by atoms with E-state index in [-0.39, 0.29) is 36.9 Å². The predicted molar refractivity (Wildman–Crippen MR) is 166 cm³/mol. The van der Waals surface area contributed by atoms with E-state index in [9.17, 15) is 14.4 Å². The van der Waals surface area contributed by atoms with Gasteiger partial charge >= 0.3 is 0 Å². The Morgan fingerprint density at radius 1 is 0.881 bits per heavy atom. The zero-order chi connectivity index (χ0) is 29.1. The molecule has 6 nitrogen and oxygen atoms in total. The van der Waals surface area contributed by atoms with Crippen molar-refractivity contribution in [2.24, 2.45) is 0 Å². The van der Waals surface area contributed by atoms with Gasteiger partial charge in [0.2, 0.25) is 11.8 Å². The van der Waals surface area contributed by atoms with Crippen LogP contribution >= 0.6 is 0 Å². The number of nitrogens with one attached hydrogen (secondary N) is 1. The summed E-state index contributed by atoms with van der Waals surface area (Å²) in [5.74, 6) is -0.573. The minimum Gasteiger partial charge on any atom is -0.352 e. The number of benzene rings is 4. The van der Waals surface area contributed by atoms with Crippen molar-refractivity contribution in [2.45, 2.75) is 64.1 Å². The first-order valence-corrected chi connectivity index (χ1v) is 15.0. The van der Waals surface area contributed by atoms with E-state index in [1.165, 1.54) is 6.42 Å². The van der Waals surface area contributed by atoms with Crippen molar-refractivity contribution in [1.29, 1.82) is 0 Å². The number of rotatable bonds is 9. The first-order valence-electron chi connectivity index (χ1n) is 15.0. The van der Waals surface area contributed by atoms with Crippen molar-refractivity contribution >= 4 is 34.2 Å². The van der Waals surface area contributed by atoms with Crippen molar-refractivity contribution in [1.82, 2.24) is 10.2 Å². The van der Waals surface area contributed by atoms with Gasteiger partial charge in [-0.05, 0) is 48.4 Å². The Kier molecular flexibility index (Phi) is 8.04. The van der Waals surface area contributed by atoms with Gasteiger partial charge in [-0.2, -0.15) is 0 Å². The second kappa shape index (κ2) is 12.2. The third kappa shape index (κ3) is 5.80. The minimum atomic E-state index is -0.724. The largest absolute Gasteiger partial charge is 0.352 e. The summed E-state index contributed by atoms with van der Waals surface area (Å²) in [5.41, 5.74) is 4.37. The average Bonchev–Trinajstić information content (AvgIpc) is 3.28. The van der Waals surface area contributed by atoms with Crippen LogP contribution in [0.5, 0.6) is 0 Å². The fourth-order valence-corrected chi connectivity index (χ4v) is 6.47. The van der Waals surface area contributed by atoms with Crippen LogP contribution in [-0.2, 0) is 22.6 Å². The highest BCUT2D eigenvalue weighted by atomic mass is 16.2. The van der Waals surface area contributed by atoms with Crippen LogP contribution in [0.15, 0.2) is 91.0 Å². The van der Waals surface area contributed by atoms with Gasteiger partial charge in [0, 0.05) is 30.0 Å². The number of carbonyl (C=O) groups is 3. The van der Waals surface area contributed by atoms with Crippen LogP contribution in [0, 0.1) is 6.92 Å². The molecular weight excluding hydrogens is 522 g/mol. The van der Waals surface area contributed by atoms with Gasteiger partial charge in [-0.1, -0.05) is 104 Å². The van der Waals surface area contributed by atoms with Gasteiger partial charge in [-0.25, -0.2) is 0 Å². The molecule has 0 aromatic heterocycles. The molecule has 0 spiro atoms. The first-order chi connectivity index (χ1) is 20.5. The maximum Gasteiger partial charge on any atom is 0.259 e. The third-order valence-corrected chi connectivity index (χ3v) is 8.60. The van der Waals surface area contributed by atoms with Gasteiger partial charge in [0.15, 0.2) is 0 Å². The number of nitrogens with zero attached hydrogens (tertiary/aromatic N) is 2. The number of aryl methyl sites for hydroxylation is 1. The van der Waals surface area contributed by atoms with E-state index in [0.717, 1.165) is 58.8 Å². The van der Waals surface area contributed by atoms with E-state index in [1.54, 1.807) is 9.80 Å². The van der Waals surface area contributed by atoms with E-state index in [4.69, 9.17) is 0 Å². The molecule has 1 N–H and O–H groups in total. The zero-order valence-corrected chi connectivity index (χ0v) is 24.1. The van der Waals surface area contributed by atoms with Gasteiger partial charge in [-0.15, -0.1) is 0 Å². The Bertz CT molecular complexity index is 1600. The van der Waals surface area contributed by atoms with Gasteiger partial charge < -0.3 is 10.2 Å². The monoisotopic (exact) mass is 559 g/mol. The normalized spacial score (nSPS) is 15.5. The van der Waals surface area contributed by atoms with E-state index in [1.807, 2.05) is 91.9 Å². The zero-order valence-electron chi connectivity index (χ0n) is 24.1. The molecule has 4 aromatic rings. The molecule has 1 atom stereocenters. The standard InChI is InChI=1S/C36H37N3O3/c1-25-11-8-14-27(21-25)23-38(32(22-26-12-4-2-5-13-26)35(41)37-29-17-6-3-7-18-29)33(40)24-39-31-20-10-16-28-15-9-19-30(34(28)31)36(39)42/h2,4-5,8-16,19-21,29,32H,3,6-7,17-18,22-24H2,1H3,(H,37,41)/t32-/m0/s1. The van der Waals surface area contributed by atoms with Crippen molar-refractivity contribution in [2.75, 3.05) is 11.4 Å². The topological polar surface area (TPSA) is 69.7 Å². The fraction of sp³-hybridized carbons (Fsp3) is 0.306. The Morgan fingerprint density at radius 3 is 2.36 bits per heavy atom. The molecule has 1 saturated carbocycles. The highest BCUT2D eigenvalue weighted by Gasteiger charge is 2.36. The van der Waals surface area contributed by atoms with Crippen molar-refractivity contribution in [3.05, 3.63) is 113 Å². The predicted octanol–water partition coefficient (Wildman–Crippen LogP) is 6.20. The fourth-order valence-electron chi connectivity index (χ4n) is 6.47. The van der Waals surface area contributed by atoms with E-state index < -0.39 is 6.04 Å². The summed E-state index contributed by atoms with van der Waals surface area (Å²) < 4.78 is 0. The highest BCUT2D eigenvalue weighted by molar-refractivity contribution is 6.26. The van der Waals surface area contributed by atoms with Crippen LogP contribution in [0.25, 0.3) is 10.8 Å². The molecule has 1 fully saturated rings. The third-order valence-electron chi connectivity index (χ3n) is 8.60. The molecule has 1 aliphatic carbocycles. The number of hydrogen-bond acceptors (Lipinski definition) is 3. The summed E-state index contributed by atoms with van der Waals surface area (Å²) in [5, 5.41) is 5.14. The molecule has 42 heavy (non-hydrogen) atoms. The summed E-state index contributed by atoms with van der Waals surface area (Å²) in [6.07, 6.45) is 5.70. The second-order valence-corrected chi connectivity index (χ2v) is 11.6. The van der Waals surface area contributed by atoms with Gasteiger partial charge in [-0.3, -0.25) is 19.3 Å². The van der Waals surface area contributed by atoms with Crippen LogP contribution < -0.4 is 10.2 Å². The Hall–Kier alpha value is -4.45. The summed E-state index contributed by atoms with van der Waals surface area (Å²) in [4.78, 5) is 45.3. The molecule has 0 unspecified atom stereocenters. The van der Waals surface area contributed by atoms with E-state index in [0.29, 0.717) is 12.0 Å². The summed E-state index contributed by atoms with van der Waals surface area (Å²) in [6.45, 7) is 2.16. The van der Waals surface area contributed by atoms with Gasteiger partial charge in [0.05, 0.1) is 5.69 Å². The minimum absolute atomic E-state index is 0.118. The Labute approximate surface area is 247 Å². The summed E-state index contributed by atoms with van der Waals surface area (Å²) >= 11 is 0. The average molecular weight is 560 g/mol. The lowest BCUT2D eigenvalue weighted by Gasteiger charge is -2.34. The van der Waals surface area contributed by atoms with Crippen LogP contribution in [-0.4, -0.2) is 41.2 Å². The number of amides is 3. The smallest absolute Gasteiger partial charge is 0.259 e.